The number of esters is 1. The fourth-order valence-corrected chi connectivity index (χ4v) is 4.54. The molecule has 28 heavy (non-hydrogen) atoms. The van der Waals surface area contributed by atoms with Gasteiger partial charge in [0.1, 0.15) is 10.6 Å². The molecule has 4 rings (SSSR count). The van der Waals surface area contributed by atoms with Crippen LogP contribution in [0, 0.1) is 0 Å². The van der Waals surface area contributed by atoms with Crippen LogP contribution in [-0.2, 0) is 11.2 Å². The van der Waals surface area contributed by atoms with Gasteiger partial charge in [-0.1, -0.05) is 16.4 Å². The normalized spacial score (nSPS) is 14.5. The smallest absolute Gasteiger partial charge is 0.348 e. The molecule has 8 heteroatoms. The van der Waals surface area contributed by atoms with Gasteiger partial charge in [-0.3, -0.25) is 0 Å². The summed E-state index contributed by atoms with van der Waals surface area (Å²) in [4.78, 5) is 13.1. The number of nitrogens with zero attached hydrogens (tertiary/aromatic N) is 1. The van der Waals surface area contributed by atoms with E-state index in [9.17, 15) is 4.79 Å². The quantitative estimate of drug-likeness (QED) is 0.594. The summed E-state index contributed by atoms with van der Waals surface area (Å²) in [6.45, 7) is 2.14. The lowest BCUT2D eigenvalue weighted by atomic mass is 9.91. The Labute approximate surface area is 166 Å². The van der Waals surface area contributed by atoms with Crippen LogP contribution in [0.4, 0.5) is 0 Å². The Balaban J connectivity index is 1.76. The van der Waals surface area contributed by atoms with Gasteiger partial charge < -0.3 is 18.9 Å². The summed E-state index contributed by atoms with van der Waals surface area (Å²) in [7, 11) is 3.17. The topological polar surface area (TPSA) is 83.0 Å². The van der Waals surface area contributed by atoms with Crippen LogP contribution in [0.2, 0.25) is 0 Å². The van der Waals surface area contributed by atoms with Gasteiger partial charge >= 0.3 is 5.97 Å². The van der Waals surface area contributed by atoms with Gasteiger partial charge in [-0.05, 0) is 37.5 Å². The minimum absolute atomic E-state index is 0.311. The number of methoxy groups -OCH3 is 2. The number of hydrogen-bond acceptors (Lipinski definition) is 7. The van der Waals surface area contributed by atoms with Crippen molar-refractivity contribution in [3.05, 3.63) is 39.8 Å². The van der Waals surface area contributed by atoms with E-state index in [1.807, 2.05) is 17.7 Å². The first-order chi connectivity index (χ1) is 13.7. The fourth-order valence-electron chi connectivity index (χ4n) is 3.41. The van der Waals surface area contributed by atoms with E-state index >= 15 is 0 Å². The average molecular weight is 401 g/mol. The summed E-state index contributed by atoms with van der Waals surface area (Å²) in [5.41, 5.74) is 5.92. The van der Waals surface area contributed by atoms with Gasteiger partial charge in [-0.2, -0.15) is 5.43 Å². The number of thiophene rings is 1. The predicted octanol–water partition coefficient (Wildman–Crippen LogP) is 2.95. The molecule has 0 bridgehead atoms. The summed E-state index contributed by atoms with van der Waals surface area (Å²) in [6.07, 6.45) is 3.48. The summed E-state index contributed by atoms with van der Waals surface area (Å²) >= 11 is 1.31. The number of nitrogens with two attached hydrogens (primary N) is 1. The summed E-state index contributed by atoms with van der Waals surface area (Å²) in [5, 5.41) is 4.94. The van der Waals surface area contributed by atoms with Crippen LogP contribution in [-0.4, -0.2) is 33.0 Å². The molecule has 0 saturated heterocycles. The molecule has 0 fully saturated rings. The number of quaternary nitrogens is 1. The lowest BCUT2D eigenvalue weighted by Gasteiger charge is -2.14. The monoisotopic (exact) mass is 401 g/mol. The first-order valence-electron chi connectivity index (χ1n) is 8.98. The minimum atomic E-state index is -0.311. The predicted molar refractivity (Wildman–Crippen MR) is 106 cm³/mol. The molecule has 1 aromatic heterocycles. The third-order valence-electron chi connectivity index (χ3n) is 4.69. The molecule has 1 aliphatic carbocycles. The lowest BCUT2D eigenvalue weighted by molar-refractivity contribution is -0.565. The molecule has 0 saturated carbocycles. The van der Waals surface area contributed by atoms with Crippen molar-refractivity contribution in [2.75, 3.05) is 20.8 Å². The SMILES string of the molecule is CCOC(=O)c1sc(Oc2ccc(OC)c(OC)c2)c2c1CCC1=C2[NH2+]N=C1. The average Bonchev–Trinajstić information content (AvgIpc) is 3.32. The zero-order valence-corrected chi connectivity index (χ0v) is 16.7. The maximum absolute atomic E-state index is 12.5. The van der Waals surface area contributed by atoms with E-state index in [1.165, 1.54) is 11.3 Å². The van der Waals surface area contributed by atoms with Crippen molar-refractivity contribution in [2.45, 2.75) is 19.8 Å². The molecule has 0 amide bonds. The molecule has 1 aliphatic heterocycles. The highest BCUT2D eigenvalue weighted by Gasteiger charge is 2.35. The molecular formula is C20H21N2O5S+. The molecule has 0 atom stereocenters. The summed E-state index contributed by atoms with van der Waals surface area (Å²) in [6, 6.07) is 5.36. The van der Waals surface area contributed by atoms with Gasteiger partial charge in [-0.15, -0.1) is 0 Å². The number of rotatable bonds is 6. The maximum atomic E-state index is 12.5. The molecule has 0 unspecified atom stereocenters. The molecular weight excluding hydrogens is 380 g/mol. The van der Waals surface area contributed by atoms with Crippen molar-refractivity contribution in [2.24, 2.45) is 5.10 Å². The second-order valence-corrected chi connectivity index (χ2v) is 7.24. The lowest BCUT2D eigenvalue weighted by Crippen LogP contribution is -2.73. The Bertz CT molecular complexity index is 993. The first kappa shape index (κ1) is 18.5. The van der Waals surface area contributed by atoms with Crippen LogP contribution in [0.3, 0.4) is 0 Å². The Morgan fingerprint density at radius 1 is 1.21 bits per heavy atom. The maximum Gasteiger partial charge on any atom is 0.348 e. The number of benzene rings is 1. The molecule has 2 aromatic rings. The molecule has 146 valence electrons. The molecule has 0 spiro atoms. The third kappa shape index (κ3) is 3.14. The van der Waals surface area contributed by atoms with Gasteiger partial charge in [-0.25, -0.2) is 4.79 Å². The van der Waals surface area contributed by atoms with Gasteiger partial charge in [0.2, 0.25) is 0 Å². The summed E-state index contributed by atoms with van der Waals surface area (Å²) in [5.74, 6) is 1.49. The Hall–Kier alpha value is -2.84. The largest absolute Gasteiger partial charge is 0.493 e. The van der Waals surface area contributed by atoms with Crippen molar-refractivity contribution in [1.29, 1.82) is 0 Å². The molecule has 2 aliphatic rings. The molecule has 7 nitrogen and oxygen atoms in total. The number of carbonyl (C=O) groups is 1. The van der Waals surface area contributed by atoms with E-state index in [1.54, 1.807) is 33.3 Å². The van der Waals surface area contributed by atoms with Crippen molar-refractivity contribution in [3.8, 4) is 22.3 Å². The molecule has 1 aromatic carbocycles. The van der Waals surface area contributed by atoms with E-state index in [0.717, 1.165) is 35.2 Å². The van der Waals surface area contributed by atoms with E-state index in [0.29, 0.717) is 33.8 Å². The van der Waals surface area contributed by atoms with Crippen LogP contribution in [0.1, 0.15) is 34.1 Å². The molecule has 2 heterocycles. The van der Waals surface area contributed by atoms with Crippen LogP contribution < -0.4 is 19.6 Å². The van der Waals surface area contributed by atoms with Gasteiger partial charge in [0, 0.05) is 11.6 Å². The van der Waals surface area contributed by atoms with Gasteiger partial charge in [0.25, 0.3) is 0 Å². The van der Waals surface area contributed by atoms with Crippen molar-refractivity contribution >= 4 is 29.2 Å². The number of hydrogen-bond donors (Lipinski definition) is 1. The molecule has 2 N–H and O–H groups in total. The van der Waals surface area contributed by atoms with Gasteiger partial charge in [0.05, 0.1) is 32.6 Å². The van der Waals surface area contributed by atoms with E-state index in [2.05, 4.69) is 5.10 Å². The van der Waals surface area contributed by atoms with E-state index in [-0.39, 0.29) is 5.97 Å². The first-order valence-corrected chi connectivity index (χ1v) is 9.80. The zero-order chi connectivity index (χ0) is 19.7. The van der Waals surface area contributed by atoms with Gasteiger partial charge in [0.15, 0.2) is 22.3 Å². The van der Waals surface area contributed by atoms with E-state index in [4.69, 9.17) is 18.9 Å². The van der Waals surface area contributed by atoms with Crippen LogP contribution >= 0.6 is 11.3 Å². The highest BCUT2D eigenvalue weighted by Crippen LogP contribution is 2.46. The van der Waals surface area contributed by atoms with Crippen LogP contribution in [0.25, 0.3) is 5.70 Å². The fraction of sp³-hybridized carbons (Fsp3) is 0.300. The number of carbonyl (C=O) groups excluding carboxylic acids is 1. The highest BCUT2D eigenvalue weighted by atomic mass is 32.1. The zero-order valence-electron chi connectivity index (χ0n) is 15.9. The second-order valence-electron chi connectivity index (χ2n) is 6.26. The number of fused-ring (bicyclic) bond motifs is 2. The molecule has 0 radical (unpaired) electrons. The summed E-state index contributed by atoms with van der Waals surface area (Å²) < 4.78 is 22.1. The van der Waals surface area contributed by atoms with Crippen molar-refractivity contribution < 1.29 is 29.2 Å². The minimum Gasteiger partial charge on any atom is -0.493 e. The Morgan fingerprint density at radius 2 is 2.04 bits per heavy atom. The van der Waals surface area contributed by atoms with Crippen molar-refractivity contribution in [3.63, 3.8) is 0 Å². The number of allylic oxidation sites excluding steroid dienone is 1. The van der Waals surface area contributed by atoms with Crippen LogP contribution in [0.5, 0.6) is 22.3 Å². The highest BCUT2D eigenvalue weighted by molar-refractivity contribution is 7.16. The third-order valence-corrected chi connectivity index (χ3v) is 5.78. The van der Waals surface area contributed by atoms with Crippen LogP contribution in [0.15, 0.2) is 28.9 Å². The standard InChI is InChI=1S/C20H20N2O5S/c1-4-26-19(23)18-13-7-5-11-10-21-22-17(11)16(13)20(28-18)27-12-6-8-14(24-2)15(9-12)25-3/h6,8-10H,4-5,7H2,1-3H3,(H,21,22)/p+1. The number of ether oxygens (including phenoxy) is 4. The van der Waals surface area contributed by atoms with E-state index < -0.39 is 0 Å². The Morgan fingerprint density at radius 3 is 2.79 bits per heavy atom. The second kappa shape index (κ2) is 7.65. The van der Waals surface area contributed by atoms with Crippen molar-refractivity contribution in [1.82, 2.24) is 0 Å². The Kier molecular flexibility index (Phi) is 5.06.